The number of halogens is 4. The van der Waals surface area contributed by atoms with Gasteiger partial charge < -0.3 is 5.32 Å². The molecule has 2 rings (SSSR count). The maximum absolute atomic E-state index is 12.6. The molecule has 1 fully saturated rings. The lowest BCUT2D eigenvalue weighted by atomic mass is 10.1. The first-order valence-electron chi connectivity index (χ1n) is 6.01. The zero-order valence-corrected chi connectivity index (χ0v) is 11.9. The van der Waals surface area contributed by atoms with E-state index in [1.807, 2.05) is 0 Å². The van der Waals surface area contributed by atoms with Crippen molar-refractivity contribution in [2.45, 2.75) is 25.1 Å². The molecule has 1 atom stereocenters. The third-order valence-corrected chi connectivity index (χ3v) is 5.27. The van der Waals surface area contributed by atoms with Crippen LogP contribution in [0.1, 0.15) is 18.4 Å². The predicted molar refractivity (Wildman–Crippen MR) is 71.8 cm³/mol. The van der Waals surface area contributed by atoms with Gasteiger partial charge in [-0.25, -0.2) is 8.42 Å². The van der Waals surface area contributed by atoms with Gasteiger partial charge in [-0.05, 0) is 31.0 Å². The van der Waals surface area contributed by atoms with Gasteiger partial charge >= 0.3 is 6.18 Å². The van der Waals surface area contributed by atoms with E-state index in [-0.39, 0.29) is 22.2 Å². The van der Waals surface area contributed by atoms with E-state index in [0.29, 0.717) is 12.8 Å². The van der Waals surface area contributed by atoms with Crippen molar-refractivity contribution in [1.29, 1.82) is 0 Å². The SMILES string of the molecule is O=S1(=O)CCCC(Nc2cc(C(F)(F)F)ccc2Cl)C1. The number of hydrogen-bond donors (Lipinski definition) is 1. The zero-order valence-electron chi connectivity index (χ0n) is 10.4. The molecule has 1 aliphatic rings. The molecule has 8 heteroatoms. The summed E-state index contributed by atoms with van der Waals surface area (Å²) in [6.07, 6.45) is -3.37. The van der Waals surface area contributed by atoms with Crippen LogP contribution in [0.5, 0.6) is 0 Å². The molecule has 0 bridgehead atoms. The monoisotopic (exact) mass is 327 g/mol. The quantitative estimate of drug-likeness (QED) is 0.906. The van der Waals surface area contributed by atoms with Gasteiger partial charge in [0.25, 0.3) is 0 Å². The zero-order chi connectivity index (χ0) is 15.0. The Morgan fingerprint density at radius 1 is 1.30 bits per heavy atom. The smallest absolute Gasteiger partial charge is 0.380 e. The fraction of sp³-hybridized carbons (Fsp3) is 0.500. The van der Waals surface area contributed by atoms with Crippen LogP contribution < -0.4 is 5.32 Å². The standard InChI is InChI=1S/C12H13ClF3NO2S/c13-10-4-3-8(12(14,15)16)6-11(10)17-9-2-1-5-20(18,19)7-9/h3-4,6,9,17H,1-2,5,7H2. The van der Waals surface area contributed by atoms with Crippen LogP contribution in [0.3, 0.4) is 0 Å². The lowest BCUT2D eigenvalue weighted by Gasteiger charge is -2.25. The normalized spacial score (nSPS) is 22.5. The Labute approximate surface area is 120 Å². The van der Waals surface area contributed by atoms with Crippen LogP contribution in [0.15, 0.2) is 18.2 Å². The van der Waals surface area contributed by atoms with Crippen molar-refractivity contribution in [2.75, 3.05) is 16.8 Å². The van der Waals surface area contributed by atoms with E-state index in [4.69, 9.17) is 11.6 Å². The highest BCUT2D eigenvalue weighted by Gasteiger charge is 2.31. The van der Waals surface area contributed by atoms with E-state index in [9.17, 15) is 21.6 Å². The summed E-state index contributed by atoms with van der Waals surface area (Å²) >= 11 is 5.86. The number of benzene rings is 1. The summed E-state index contributed by atoms with van der Waals surface area (Å²) in [5.74, 6) is 0.0427. The van der Waals surface area contributed by atoms with Crippen molar-refractivity contribution in [1.82, 2.24) is 0 Å². The highest BCUT2D eigenvalue weighted by Crippen LogP contribution is 2.34. The van der Waals surface area contributed by atoms with Crippen molar-refractivity contribution >= 4 is 27.1 Å². The molecule has 3 nitrogen and oxygen atoms in total. The maximum atomic E-state index is 12.6. The second-order valence-electron chi connectivity index (χ2n) is 4.79. The number of alkyl halides is 3. The number of anilines is 1. The van der Waals surface area contributed by atoms with Gasteiger partial charge in [-0.2, -0.15) is 13.2 Å². The van der Waals surface area contributed by atoms with E-state index >= 15 is 0 Å². The van der Waals surface area contributed by atoms with Gasteiger partial charge in [-0.1, -0.05) is 11.6 Å². The van der Waals surface area contributed by atoms with Crippen molar-refractivity contribution < 1.29 is 21.6 Å². The van der Waals surface area contributed by atoms with E-state index in [2.05, 4.69) is 5.32 Å². The molecule has 0 aromatic heterocycles. The first kappa shape index (κ1) is 15.4. The highest BCUT2D eigenvalue weighted by molar-refractivity contribution is 7.91. The summed E-state index contributed by atoms with van der Waals surface area (Å²) in [7, 11) is -3.13. The number of rotatable bonds is 2. The van der Waals surface area contributed by atoms with Crippen molar-refractivity contribution in [2.24, 2.45) is 0 Å². The van der Waals surface area contributed by atoms with E-state index in [0.717, 1.165) is 18.2 Å². The molecule has 20 heavy (non-hydrogen) atoms. The average molecular weight is 328 g/mol. The van der Waals surface area contributed by atoms with Crippen LogP contribution in [0.2, 0.25) is 5.02 Å². The Kier molecular flexibility index (Phi) is 4.20. The Morgan fingerprint density at radius 3 is 2.60 bits per heavy atom. The van der Waals surface area contributed by atoms with Gasteiger partial charge in [-0.3, -0.25) is 0 Å². The van der Waals surface area contributed by atoms with Gasteiger partial charge in [0.15, 0.2) is 9.84 Å². The highest BCUT2D eigenvalue weighted by atomic mass is 35.5. The molecule has 0 amide bonds. The summed E-state index contributed by atoms with van der Waals surface area (Å²) in [4.78, 5) is 0. The Bertz CT molecular complexity index is 601. The van der Waals surface area contributed by atoms with Gasteiger partial charge in [0.2, 0.25) is 0 Å². The molecule has 1 N–H and O–H groups in total. The van der Waals surface area contributed by atoms with Gasteiger partial charge in [0.05, 0.1) is 27.8 Å². The van der Waals surface area contributed by atoms with E-state index in [1.165, 1.54) is 0 Å². The molecular formula is C12H13ClF3NO2S. The predicted octanol–water partition coefficient (Wildman–Crippen LogP) is 3.35. The molecule has 112 valence electrons. The molecule has 1 aliphatic heterocycles. The minimum atomic E-state index is -4.46. The second-order valence-corrected chi connectivity index (χ2v) is 7.43. The average Bonchev–Trinajstić information content (AvgIpc) is 2.29. The van der Waals surface area contributed by atoms with Gasteiger partial charge in [-0.15, -0.1) is 0 Å². The number of sulfone groups is 1. The Morgan fingerprint density at radius 2 is 2.00 bits per heavy atom. The minimum Gasteiger partial charge on any atom is -0.380 e. The maximum Gasteiger partial charge on any atom is 0.416 e. The molecule has 1 heterocycles. The van der Waals surface area contributed by atoms with Crippen LogP contribution in [-0.2, 0) is 16.0 Å². The molecular weight excluding hydrogens is 315 g/mol. The van der Waals surface area contributed by atoms with E-state index < -0.39 is 27.6 Å². The molecule has 0 radical (unpaired) electrons. The summed E-state index contributed by atoms with van der Waals surface area (Å²) in [6.45, 7) is 0. The van der Waals surface area contributed by atoms with Gasteiger partial charge in [0, 0.05) is 6.04 Å². The fourth-order valence-electron chi connectivity index (χ4n) is 2.17. The summed E-state index contributed by atoms with van der Waals surface area (Å²) in [6, 6.07) is 2.55. The lowest BCUT2D eigenvalue weighted by Crippen LogP contribution is -2.34. The van der Waals surface area contributed by atoms with Crippen LogP contribution >= 0.6 is 11.6 Å². The topological polar surface area (TPSA) is 46.2 Å². The number of nitrogens with one attached hydrogen (secondary N) is 1. The molecule has 1 aromatic carbocycles. The van der Waals surface area contributed by atoms with Crippen molar-refractivity contribution in [3.8, 4) is 0 Å². The Hall–Kier alpha value is -0.950. The van der Waals surface area contributed by atoms with Crippen LogP contribution in [-0.4, -0.2) is 26.0 Å². The fourth-order valence-corrected chi connectivity index (χ4v) is 3.98. The molecule has 1 aromatic rings. The first-order chi connectivity index (χ1) is 9.17. The summed E-state index contributed by atoms with van der Waals surface area (Å²) in [5.41, 5.74) is -0.702. The summed E-state index contributed by atoms with van der Waals surface area (Å²) in [5, 5.41) is 2.95. The van der Waals surface area contributed by atoms with Crippen LogP contribution in [0.4, 0.5) is 18.9 Å². The third kappa shape index (κ3) is 3.79. The third-order valence-electron chi connectivity index (χ3n) is 3.12. The molecule has 0 saturated carbocycles. The van der Waals surface area contributed by atoms with Crippen molar-refractivity contribution in [3.63, 3.8) is 0 Å². The lowest BCUT2D eigenvalue weighted by molar-refractivity contribution is -0.137. The molecule has 0 spiro atoms. The molecule has 1 saturated heterocycles. The van der Waals surface area contributed by atoms with Gasteiger partial charge in [0.1, 0.15) is 0 Å². The number of hydrogen-bond acceptors (Lipinski definition) is 3. The van der Waals surface area contributed by atoms with Crippen molar-refractivity contribution in [3.05, 3.63) is 28.8 Å². The molecule has 0 aliphatic carbocycles. The van der Waals surface area contributed by atoms with E-state index in [1.54, 1.807) is 0 Å². The first-order valence-corrected chi connectivity index (χ1v) is 8.21. The second kappa shape index (κ2) is 5.44. The molecule has 1 unspecified atom stereocenters. The summed E-state index contributed by atoms with van der Waals surface area (Å²) < 4.78 is 60.9. The van der Waals surface area contributed by atoms with Crippen LogP contribution in [0, 0.1) is 0 Å². The van der Waals surface area contributed by atoms with Crippen LogP contribution in [0.25, 0.3) is 0 Å². The largest absolute Gasteiger partial charge is 0.416 e. The Balaban J connectivity index is 2.21. The minimum absolute atomic E-state index is 0.0838.